The lowest BCUT2D eigenvalue weighted by Gasteiger charge is -1.97. The van der Waals surface area contributed by atoms with Crippen LogP contribution < -0.4 is 0 Å². The van der Waals surface area contributed by atoms with Crippen molar-refractivity contribution in [3.8, 4) is 0 Å². The second-order valence-electron chi connectivity index (χ2n) is 2.63. The van der Waals surface area contributed by atoms with E-state index in [9.17, 15) is 4.79 Å². The van der Waals surface area contributed by atoms with Gasteiger partial charge in [-0.2, -0.15) is 4.99 Å². The molecule has 15 heavy (non-hydrogen) atoms. The molecule has 1 rings (SSSR count). The molecule has 0 aromatic heterocycles. The Morgan fingerprint density at radius 3 is 2.67 bits per heavy atom. The van der Waals surface area contributed by atoms with E-state index < -0.39 is 5.97 Å². The number of nitrogens with zero attached hydrogens (tertiary/aromatic N) is 1. The number of esters is 1. The SMILES string of the molecule is COC(=O)C(=Cc1ccccc1)N=C=S. The number of hydrogen-bond donors (Lipinski definition) is 0. The highest BCUT2D eigenvalue weighted by Gasteiger charge is 2.07. The van der Waals surface area contributed by atoms with Crippen molar-refractivity contribution in [3.63, 3.8) is 0 Å². The van der Waals surface area contributed by atoms with Gasteiger partial charge < -0.3 is 4.74 Å². The van der Waals surface area contributed by atoms with Crippen LogP contribution in [0.25, 0.3) is 6.08 Å². The van der Waals surface area contributed by atoms with Gasteiger partial charge in [0.2, 0.25) is 0 Å². The standard InChI is InChI=1S/C11H9NO2S/c1-14-11(13)10(12-8-15)7-9-5-3-2-4-6-9/h2-7H,1H3. The first kappa shape index (κ1) is 11.3. The lowest BCUT2D eigenvalue weighted by Crippen LogP contribution is -2.02. The maximum absolute atomic E-state index is 11.2. The largest absolute Gasteiger partial charge is 0.464 e. The van der Waals surface area contributed by atoms with Gasteiger partial charge in [-0.3, -0.25) is 0 Å². The van der Waals surface area contributed by atoms with Gasteiger partial charge in [0.15, 0.2) is 5.70 Å². The average Bonchev–Trinajstić information content (AvgIpc) is 2.29. The highest BCUT2D eigenvalue weighted by molar-refractivity contribution is 7.78. The van der Waals surface area contributed by atoms with Crippen molar-refractivity contribution in [2.24, 2.45) is 4.99 Å². The van der Waals surface area contributed by atoms with Gasteiger partial charge in [-0.1, -0.05) is 30.3 Å². The van der Waals surface area contributed by atoms with E-state index >= 15 is 0 Å². The van der Waals surface area contributed by atoms with Crippen LogP contribution in [-0.2, 0) is 9.53 Å². The minimum absolute atomic E-state index is 0.138. The quantitative estimate of drug-likeness (QED) is 0.339. The van der Waals surface area contributed by atoms with Crippen molar-refractivity contribution >= 4 is 29.4 Å². The first-order valence-electron chi connectivity index (χ1n) is 4.21. The Morgan fingerprint density at radius 1 is 1.47 bits per heavy atom. The fourth-order valence-corrected chi connectivity index (χ4v) is 1.10. The predicted molar refractivity (Wildman–Crippen MR) is 61.5 cm³/mol. The third-order valence-corrected chi connectivity index (χ3v) is 1.75. The number of carbonyl (C=O) groups excluding carboxylic acids is 1. The summed E-state index contributed by atoms with van der Waals surface area (Å²) in [5.74, 6) is -0.531. The van der Waals surface area contributed by atoms with Crippen molar-refractivity contribution in [1.82, 2.24) is 0 Å². The minimum Gasteiger partial charge on any atom is -0.464 e. The Balaban J connectivity index is 3.04. The van der Waals surface area contributed by atoms with Crippen molar-refractivity contribution in [1.29, 1.82) is 0 Å². The Kier molecular flexibility index (Phi) is 4.41. The van der Waals surface area contributed by atoms with E-state index in [-0.39, 0.29) is 5.70 Å². The molecule has 76 valence electrons. The van der Waals surface area contributed by atoms with Crippen LogP contribution in [0.2, 0.25) is 0 Å². The molecule has 0 N–H and O–H groups in total. The maximum atomic E-state index is 11.2. The Bertz CT molecular complexity index is 419. The van der Waals surface area contributed by atoms with E-state index in [1.165, 1.54) is 7.11 Å². The number of aliphatic imine (C=N–C) groups is 1. The molecule has 3 nitrogen and oxygen atoms in total. The number of rotatable bonds is 3. The molecule has 0 aliphatic heterocycles. The summed E-state index contributed by atoms with van der Waals surface area (Å²) in [6.07, 6.45) is 1.59. The molecule has 0 unspecified atom stereocenters. The van der Waals surface area contributed by atoms with E-state index in [2.05, 4.69) is 27.1 Å². The predicted octanol–water partition coefficient (Wildman–Crippen LogP) is 2.30. The minimum atomic E-state index is -0.531. The molecule has 0 bridgehead atoms. The summed E-state index contributed by atoms with van der Waals surface area (Å²) in [4.78, 5) is 14.9. The van der Waals surface area contributed by atoms with Crippen LogP contribution in [0, 0.1) is 0 Å². The first-order chi connectivity index (χ1) is 7.27. The zero-order valence-corrected chi connectivity index (χ0v) is 8.95. The Hall–Kier alpha value is -1.77. The molecule has 0 saturated heterocycles. The van der Waals surface area contributed by atoms with Gasteiger partial charge in [-0.15, -0.1) is 0 Å². The number of carbonyl (C=O) groups is 1. The van der Waals surface area contributed by atoms with Gasteiger partial charge in [0.25, 0.3) is 0 Å². The molecule has 0 saturated carbocycles. The zero-order valence-electron chi connectivity index (χ0n) is 8.14. The van der Waals surface area contributed by atoms with Crippen molar-refractivity contribution < 1.29 is 9.53 Å². The molecule has 0 spiro atoms. The number of hydrogen-bond acceptors (Lipinski definition) is 4. The van der Waals surface area contributed by atoms with Crippen LogP contribution in [0.1, 0.15) is 5.56 Å². The van der Waals surface area contributed by atoms with E-state index in [1.807, 2.05) is 30.3 Å². The molecule has 0 aliphatic carbocycles. The lowest BCUT2D eigenvalue weighted by atomic mass is 10.2. The summed E-state index contributed by atoms with van der Waals surface area (Å²) in [5.41, 5.74) is 0.991. The summed E-state index contributed by atoms with van der Waals surface area (Å²) < 4.78 is 4.55. The Labute approximate surface area is 93.1 Å². The van der Waals surface area contributed by atoms with Gasteiger partial charge in [0.05, 0.1) is 12.3 Å². The fourth-order valence-electron chi connectivity index (χ4n) is 0.998. The number of thiocarbonyl (C=S) groups is 1. The smallest absolute Gasteiger partial charge is 0.357 e. The van der Waals surface area contributed by atoms with Crippen molar-refractivity contribution in [3.05, 3.63) is 41.6 Å². The van der Waals surface area contributed by atoms with Crippen LogP contribution in [0.3, 0.4) is 0 Å². The van der Waals surface area contributed by atoms with Gasteiger partial charge in [-0.25, -0.2) is 4.79 Å². The van der Waals surface area contributed by atoms with Gasteiger partial charge >= 0.3 is 5.97 Å². The third kappa shape index (κ3) is 3.46. The van der Waals surface area contributed by atoms with Gasteiger partial charge in [-0.05, 0) is 23.9 Å². The molecule has 1 aromatic rings. The van der Waals surface area contributed by atoms with Crippen LogP contribution in [0.5, 0.6) is 0 Å². The highest BCUT2D eigenvalue weighted by atomic mass is 32.1. The zero-order chi connectivity index (χ0) is 11.1. The number of isothiocyanates is 1. The van der Waals surface area contributed by atoms with E-state index in [0.717, 1.165) is 5.56 Å². The molecule has 0 fully saturated rings. The molecular formula is C11H9NO2S. The molecule has 0 radical (unpaired) electrons. The van der Waals surface area contributed by atoms with E-state index in [1.54, 1.807) is 6.08 Å². The molecule has 0 amide bonds. The lowest BCUT2D eigenvalue weighted by molar-refractivity contribution is -0.136. The second kappa shape index (κ2) is 5.86. The molecule has 0 heterocycles. The van der Waals surface area contributed by atoms with Crippen LogP contribution >= 0.6 is 12.2 Å². The monoisotopic (exact) mass is 219 g/mol. The summed E-state index contributed by atoms with van der Waals surface area (Å²) in [5, 5.41) is 2.14. The van der Waals surface area contributed by atoms with Gasteiger partial charge in [0, 0.05) is 0 Å². The number of methoxy groups -OCH3 is 1. The molecule has 0 aliphatic rings. The van der Waals surface area contributed by atoms with Crippen LogP contribution in [0.15, 0.2) is 41.0 Å². The second-order valence-corrected chi connectivity index (χ2v) is 2.82. The summed E-state index contributed by atoms with van der Waals surface area (Å²) in [6.45, 7) is 0. The first-order valence-corrected chi connectivity index (χ1v) is 4.61. The van der Waals surface area contributed by atoms with Crippen LogP contribution in [-0.4, -0.2) is 18.2 Å². The fraction of sp³-hybridized carbons (Fsp3) is 0.0909. The van der Waals surface area contributed by atoms with Gasteiger partial charge in [0.1, 0.15) is 0 Å². The number of benzene rings is 1. The summed E-state index contributed by atoms with van der Waals surface area (Å²) in [7, 11) is 1.29. The number of ether oxygens (including phenoxy) is 1. The topological polar surface area (TPSA) is 38.7 Å². The highest BCUT2D eigenvalue weighted by Crippen LogP contribution is 2.08. The Morgan fingerprint density at radius 2 is 2.13 bits per heavy atom. The van der Waals surface area contributed by atoms with E-state index in [0.29, 0.717) is 0 Å². The summed E-state index contributed by atoms with van der Waals surface area (Å²) >= 11 is 4.45. The van der Waals surface area contributed by atoms with E-state index in [4.69, 9.17) is 0 Å². The molecule has 1 aromatic carbocycles. The van der Waals surface area contributed by atoms with Crippen molar-refractivity contribution in [2.45, 2.75) is 0 Å². The van der Waals surface area contributed by atoms with Crippen molar-refractivity contribution in [2.75, 3.05) is 7.11 Å². The normalized spacial score (nSPS) is 10.3. The molecular weight excluding hydrogens is 210 g/mol. The molecule has 4 heteroatoms. The average molecular weight is 219 g/mol. The van der Waals surface area contributed by atoms with Crippen LogP contribution in [0.4, 0.5) is 0 Å². The summed E-state index contributed by atoms with van der Waals surface area (Å²) in [6, 6.07) is 9.31. The third-order valence-electron chi connectivity index (χ3n) is 1.66. The maximum Gasteiger partial charge on any atom is 0.357 e. The molecule has 0 atom stereocenters.